The summed E-state index contributed by atoms with van der Waals surface area (Å²) < 4.78 is 1.79. The van der Waals surface area contributed by atoms with Gasteiger partial charge in [0.2, 0.25) is 4.77 Å². The summed E-state index contributed by atoms with van der Waals surface area (Å²) in [6.07, 6.45) is 1.02. The van der Waals surface area contributed by atoms with Crippen LogP contribution in [0.1, 0.15) is 6.42 Å². The Bertz CT molecular complexity index is 665. The molecule has 20 heavy (non-hydrogen) atoms. The highest BCUT2D eigenvalue weighted by atomic mass is 32.1. The Morgan fingerprint density at radius 2 is 2.35 bits per heavy atom. The van der Waals surface area contributed by atoms with Crippen LogP contribution < -0.4 is 10.6 Å². The second kappa shape index (κ2) is 6.57. The second-order valence-corrected chi connectivity index (χ2v) is 4.17. The molecule has 1 heterocycles. The van der Waals surface area contributed by atoms with Gasteiger partial charge in [-0.1, -0.05) is 16.4 Å². The fourth-order valence-corrected chi connectivity index (χ4v) is 1.70. The first-order valence-electron chi connectivity index (χ1n) is 5.80. The highest BCUT2D eigenvalue weighted by Crippen LogP contribution is 2.13. The van der Waals surface area contributed by atoms with Crippen molar-refractivity contribution in [3.05, 3.63) is 29.0 Å². The van der Waals surface area contributed by atoms with Crippen molar-refractivity contribution in [3.63, 3.8) is 0 Å². The van der Waals surface area contributed by atoms with Crippen LogP contribution in [0.15, 0.2) is 24.3 Å². The second-order valence-electron chi connectivity index (χ2n) is 3.80. The number of aromatic amines is 1. The predicted molar refractivity (Wildman–Crippen MR) is 74.2 cm³/mol. The number of aldehydes is 1. The first-order valence-corrected chi connectivity index (χ1v) is 6.20. The number of aromatic nitrogens is 4. The molecule has 2 aromatic rings. The van der Waals surface area contributed by atoms with Crippen molar-refractivity contribution < 1.29 is 9.59 Å². The highest BCUT2D eigenvalue weighted by Gasteiger charge is 2.04. The van der Waals surface area contributed by atoms with E-state index in [2.05, 4.69) is 26.2 Å². The molecule has 0 atom stereocenters. The summed E-state index contributed by atoms with van der Waals surface area (Å²) in [7, 11) is 0. The van der Waals surface area contributed by atoms with Crippen LogP contribution in [0.25, 0.3) is 5.69 Å². The lowest BCUT2D eigenvalue weighted by Crippen LogP contribution is -2.29. The average Bonchev–Trinajstić information content (AvgIpc) is 2.85. The van der Waals surface area contributed by atoms with E-state index in [9.17, 15) is 9.59 Å². The maximum absolute atomic E-state index is 11.6. The van der Waals surface area contributed by atoms with Crippen LogP contribution in [-0.4, -0.2) is 39.1 Å². The predicted octanol–water partition coefficient (Wildman–Crippen LogP) is 1.04. The molecule has 2 amide bonds. The van der Waals surface area contributed by atoms with Gasteiger partial charge >= 0.3 is 6.03 Å². The molecule has 0 saturated carbocycles. The average molecular weight is 292 g/mol. The van der Waals surface area contributed by atoms with Crippen LogP contribution in [0.3, 0.4) is 0 Å². The Balaban J connectivity index is 2.07. The Kier molecular flexibility index (Phi) is 4.56. The molecule has 9 heteroatoms. The van der Waals surface area contributed by atoms with Crippen LogP contribution >= 0.6 is 12.2 Å². The van der Waals surface area contributed by atoms with E-state index in [-0.39, 0.29) is 17.2 Å². The van der Waals surface area contributed by atoms with Crippen LogP contribution in [0.4, 0.5) is 10.5 Å². The molecule has 0 aliphatic carbocycles. The highest BCUT2D eigenvalue weighted by molar-refractivity contribution is 7.71. The van der Waals surface area contributed by atoms with Crippen molar-refractivity contribution in [2.45, 2.75) is 6.42 Å². The standard InChI is InChI=1S/C11H12N6O2S/c18-6-2-5-12-10(19)13-8-3-1-4-9(7-8)17-11(20)14-15-16-17/h1,3-4,6-7H,2,5H2,(H2,12,13,19)(H,14,16,20). The molecule has 8 nitrogen and oxygen atoms in total. The number of anilines is 1. The Labute approximate surface area is 119 Å². The van der Waals surface area contributed by atoms with Gasteiger partial charge < -0.3 is 15.4 Å². The first kappa shape index (κ1) is 13.9. The van der Waals surface area contributed by atoms with E-state index in [0.717, 1.165) is 6.29 Å². The summed E-state index contributed by atoms with van der Waals surface area (Å²) in [5, 5.41) is 15.1. The molecule has 0 radical (unpaired) electrons. The van der Waals surface area contributed by atoms with Crippen LogP contribution in [-0.2, 0) is 4.79 Å². The lowest BCUT2D eigenvalue weighted by Gasteiger charge is -2.08. The third-order valence-electron chi connectivity index (χ3n) is 2.38. The number of nitrogens with zero attached hydrogens (tertiary/aromatic N) is 3. The zero-order chi connectivity index (χ0) is 14.4. The number of rotatable bonds is 5. The SMILES string of the molecule is O=CCCNC(=O)Nc1cccc(-n2[nH]nnc2=S)c1. The van der Waals surface area contributed by atoms with Crippen molar-refractivity contribution in [2.24, 2.45) is 0 Å². The number of tetrazole rings is 1. The first-order chi connectivity index (χ1) is 9.70. The number of urea groups is 1. The fraction of sp³-hybridized carbons (Fsp3) is 0.182. The van der Waals surface area contributed by atoms with Gasteiger partial charge in [-0.15, -0.1) is 0 Å². The molecule has 1 aromatic heterocycles. The summed E-state index contributed by atoms with van der Waals surface area (Å²) in [6, 6.07) is 6.63. The minimum atomic E-state index is -0.379. The number of benzene rings is 1. The van der Waals surface area contributed by atoms with Crippen molar-refractivity contribution in [2.75, 3.05) is 11.9 Å². The Morgan fingerprint density at radius 3 is 3.05 bits per heavy atom. The van der Waals surface area contributed by atoms with Gasteiger partial charge in [0.1, 0.15) is 6.29 Å². The lowest BCUT2D eigenvalue weighted by molar-refractivity contribution is -0.107. The van der Waals surface area contributed by atoms with Gasteiger partial charge in [-0.3, -0.25) is 0 Å². The number of hydrogen-bond acceptors (Lipinski definition) is 5. The molecule has 2 rings (SSSR count). The summed E-state index contributed by atoms with van der Waals surface area (Å²) >= 11 is 4.99. The molecule has 0 fully saturated rings. The number of amides is 2. The zero-order valence-electron chi connectivity index (χ0n) is 10.4. The Hall–Kier alpha value is -2.55. The monoisotopic (exact) mass is 292 g/mol. The quantitative estimate of drug-likeness (QED) is 0.434. The van der Waals surface area contributed by atoms with Crippen LogP contribution in [0.5, 0.6) is 0 Å². The van der Waals surface area contributed by atoms with E-state index < -0.39 is 0 Å². The largest absolute Gasteiger partial charge is 0.337 e. The van der Waals surface area contributed by atoms with Crippen molar-refractivity contribution in [1.29, 1.82) is 0 Å². The number of carbonyl (C=O) groups excluding carboxylic acids is 2. The van der Waals surface area contributed by atoms with Crippen molar-refractivity contribution in [3.8, 4) is 5.69 Å². The molecule has 0 spiro atoms. The van der Waals surface area contributed by atoms with E-state index in [0.29, 0.717) is 17.9 Å². The molecule has 104 valence electrons. The number of hydrogen-bond donors (Lipinski definition) is 3. The molecule has 0 bridgehead atoms. The third kappa shape index (κ3) is 3.48. The number of nitrogens with one attached hydrogen (secondary N) is 3. The van der Waals surface area contributed by atoms with Gasteiger partial charge in [0.25, 0.3) is 0 Å². The van der Waals surface area contributed by atoms with Crippen LogP contribution in [0, 0.1) is 4.77 Å². The number of H-pyrrole nitrogens is 1. The van der Waals surface area contributed by atoms with Gasteiger partial charge in [0.15, 0.2) is 0 Å². The molecular formula is C11H12N6O2S. The molecule has 0 saturated heterocycles. The van der Waals surface area contributed by atoms with Crippen molar-refractivity contribution in [1.82, 2.24) is 25.5 Å². The molecule has 3 N–H and O–H groups in total. The van der Waals surface area contributed by atoms with Gasteiger partial charge in [-0.05, 0) is 30.4 Å². The van der Waals surface area contributed by atoms with E-state index in [1.54, 1.807) is 24.3 Å². The third-order valence-corrected chi connectivity index (χ3v) is 2.65. The molecular weight excluding hydrogens is 280 g/mol. The molecule has 0 unspecified atom stereocenters. The zero-order valence-corrected chi connectivity index (χ0v) is 11.2. The van der Waals surface area contributed by atoms with E-state index in [1.807, 2.05) is 0 Å². The minimum Gasteiger partial charge on any atom is -0.337 e. The van der Waals surface area contributed by atoms with Gasteiger partial charge in [-0.2, -0.15) is 5.21 Å². The lowest BCUT2D eigenvalue weighted by atomic mass is 10.3. The summed E-state index contributed by atoms with van der Waals surface area (Å²) in [4.78, 5) is 21.7. The van der Waals surface area contributed by atoms with Crippen molar-refractivity contribution >= 4 is 30.2 Å². The Morgan fingerprint density at radius 1 is 1.50 bits per heavy atom. The number of carbonyl (C=O) groups is 2. The maximum atomic E-state index is 11.6. The molecule has 0 aliphatic heterocycles. The minimum absolute atomic E-state index is 0.280. The smallest absolute Gasteiger partial charge is 0.319 e. The normalized spacial score (nSPS) is 10.0. The summed E-state index contributed by atoms with van der Waals surface area (Å²) in [5.41, 5.74) is 1.29. The van der Waals surface area contributed by atoms with E-state index >= 15 is 0 Å². The van der Waals surface area contributed by atoms with Gasteiger partial charge in [0.05, 0.1) is 5.69 Å². The summed E-state index contributed by atoms with van der Waals surface area (Å²) in [6.45, 7) is 0.296. The summed E-state index contributed by atoms with van der Waals surface area (Å²) in [5.74, 6) is 0. The molecule has 1 aromatic carbocycles. The maximum Gasteiger partial charge on any atom is 0.319 e. The van der Waals surface area contributed by atoms with Gasteiger partial charge in [0, 0.05) is 18.7 Å². The van der Waals surface area contributed by atoms with E-state index in [4.69, 9.17) is 12.2 Å². The van der Waals surface area contributed by atoms with Gasteiger partial charge in [-0.25, -0.2) is 9.48 Å². The van der Waals surface area contributed by atoms with E-state index in [1.165, 1.54) is 4.68 Å². The fourth-order valence-electron chi connectivity index (χ4n) is 1.51. The molecule has 0 aliphatic rings. The topological polar surface area (TPSA) is 105 Å². The van der Waals surface area contributed by atoms with Crippen LogP contribution in [0.2, 0.25) is 0 Å².